The van der Waals surface area contributed by atoms with Gasteiger partial charge in [0.1, 0.15) is 11.4 Å². The van der Waals surface area contributed by atoms with Crippen LogP contribution in [0.4, 0.5) is 36.3 Å². The van der Waals surface area contributed by atoms with Gasteiger partial charge >= 0.3 is 6.18 Å². The van der Waals surface area contributed by atoms with Gasteiger partial charge in [-0.1, -0.05) is 18.2 Å². The molecule has 5 rings (SSSR count). The van der Waals surface area contributed by atoms with Gasteiger partial charge in [0.05, 0.1) is 0 Å². The van der Waals surface area contributed by atoms with Crippen molar-refractivity contribution in [1.29, 1.82) is 0 Å². The van der Waals surface area contributed by atoms with E-state index in [9.17, 15) is 13.2 Å². The van der Waals surface area contributed by atoms with E-state index in [1.165, 1.54) is 22.4 Å². The van der Waals surface area contributed by atoms with E-state index >= 15 is 0 Å². The van der Waals surface area contributed by atoms with E-state index in [1.54, 1.807) is 0 Å². The molecule has 2 heterocycles. The zero-order valence-electron chi connectivity index (χ0n) is 19.9. The average Bonchev–Trinajstić information content (AvgIpc) is 3.63. The van der Waals surface area contributed by atoms with E-state index in [4.69, 9.17) is 0 Å². The molecule has 0 atom stereocenters. The van der Waals surface area contributed by atoms with Crippen LogP contribution in [0, 0.1) is 0 Å². The number of fused-ring (bicyclic) bond motifs is 1. The van der Waals surface area contributed by atoms with Gasteiger partial charge in [0.25, 0.3) is 0 Å². The normalized spacial score (nSPS) is 16.0. The van der Waals surface area contributed by atoms with Gasteiger partial charge in [-0.15, -0.1) is 0 Å². The van der Waals surface area contributed by atoms with Crippen molar-refractivity contribution in [3.63, 3.8) is 0 Å². The van der Waals surface area contributed by atoms with Crippen LogP contribution in [0.3, 0.4) is 0 Å². The zero-order valence-corrected chi connectivity index (χ0v) is 19.9. The third kappa shape index (κ3) is 5.67. The first-order valence-corrected chi connectivity index (χ1v) is 11.8. The maximum absolute atomic E-state index is 13.3. The zero-order chi connectivity index (χ0) is 24.6. The summed E-state index contributed by atoms with van der Waals surface area (Å²) in [7, 11) is 4.07. The van der Waals surface area contributed by atoms with Gasteiger partial charge in [-0.2, -0.15) is 18.2 Å². The Hall–Kier alpha value is -3.33. The van der Waals surface area contributed by atoms with Gasteiger partial charge < -0.3 is 15.5 Å². The van der Waals surface area contributed by atoms with Crippen LogP contribution in [0.2, 0.25) is 0 Å². The number of nitrogens with one attached hydrogen (secondary N) is 2. The number of benzene rings is 2. The highest BCUT2D eigenvalue weighted by Crippen LogP contribution is 2.36. The number of halogens is 3. The van der Waals surface area contributed by atoms with Gasteiger partial charge in [0, 0.05) is 57.3 Å². The summed E-state index contributed by atoms with van der Waals surface area (Å²) in [6.45, 7) is 2.69. The molecule has 2 N–H and O–H groups in total. The minimum atomic E-state index is -4.50. The molecule has 0 radical (unpaired) electrons. The maximum Gasteiger partial charge on any atom is 0.421 e. The summed E-state index contributed by atoms with van der Waals surface area (Å²) in [6.07, 6.45) is -1.03. The molecule has 1 aliphatic carbocycles. The minimum absolute atomic E-state index is 0.0523. The highest BCUT2D eigenvalue weighted by molar-refractivity contribution is 5.59. The number of anilines is 4. The van der Waals surface area contributed by atoms with E-state index in [1.807, 2.05) is 26.2 Å². The van der Waals surface area contributed by atoms with E-state index < -0.39 is 11.7 Å². The van der Waals surface area contributed by atoms with Gasteiger partial charge in [-0.3, -0.25) is 4.90 Å². The summed E-state index contributed by atoms with van der Waals surface area (Å²) in [5.74, 6) is -0.00979. The SMILES string of the molecule is CN(C)c1ccc(CN2CCc3cc(Nc4ncc(C(F)(F)F)c(NC5CC5)n4)ccc3C2)cc1. The number of nitrogens with zero attached hydrogens (tertiary/aromatic N) is 4. The van der Waals surface area contributed by atoms with Crippen molar-refractivity contribution in [3.05, 3.63) is 70.9 Å². The summed E-state index contributed by atoms with van der Waals surface area (Å²) in [4.78, 5) is 12.6. The fraction of sp³-hybridized carbons (Fsp3) is 0.385. The first-order valence-electron chi connectivity index (χ1n) is 11.8. The molecule has 0 bridgehead atoms. The van der Waals surface area contributed by atoms with Crippen molar-refractivity contribution >= 4 is 23.1 Å². The van der Waals surface area contributed by atoms with Crippen molar-refractivity contribution in [3.8, 4) is 0 Å². The number of hydrogen-bond donors (Lipinski definition) is 2. The smallest absolute Gasteiger partial charge is 0.378 e. The lowest BCUT2D eigenvalue weighted by Gasteiger charge is -2.29. The first kappa shape index (κ1) is 23.4. The van der Waals surface area contributed by atoms with Crippen molar-refractivity contribution in [2.24, 2.45) is 0 Å². The summed E-state index contributed by atoms with van der Waals surface area (Å²) in [5, 5.41) is 5.97. The predicted octanol–water partition coefficient (Wildman–Crippen LogP) is 5.44. The maximum atomic E-state index is 13.3. The van der Waals surface area contributed by atoms with Crippen molar-refractivity contribution in [2.75, 3.05) is 36.2 Å². The molecule has 1 saturated carbocycles. The Morgan fingerprint density at radius 3 is 2.51 bits per heavy atom. The predicted molar refractivity (Wildman–Crippen MR) is 132 cm³/mol. The standard InChI is InChI=1S/C26H29F3N6/c1-34(2)22-9-3-17(4-10-22)15-35-12-11-18-13-21(6-5-19(18)16-35)32-25-30-14-23(26(27,28)29)24(33-25)31-20-7-8-20/h3-6,9-10,13-14,20H,7-8,11-12,15-16H2,1-2H3,(H2,30,31,32,33). The quantitative estimate of drug-likeness (QED) is 0.468. The number of rotatable bonds is 7. The van der Waals surface area contributed by atoms with Crippen LogP contribution in [0.5, 0.6) is 0 Å². The second-order valence-electron chi connectivity index (χ2n) is 9.50. The lowest BCUT2D eigenvalue weighted by Crippen LogP contribution is -2.30. The molecule has 1 fully saturated rings. The van der Waals surface area contributed by atoms with Gasteiger partial charge in [0.15, 0.2) is 0 Å². The van der Waals surface area contributed by atoms with Crippen LogP contribution in [-0.4, -0.2) is 41.5 Å². The number of hydrogen-bond acceptors (Lipinski definition) is 6. The van der Waals surface area contributed by atoms with Crippen molar-refractivity contribution in [2.45, 2.75) is 44.6 Å². The van der Waals surface area contributed by atoms with Gasteiger partial charge in [-0.25, -0.2) is 4.98 Å². The van der Waals surface area contributed by atoms with E-state index in [0.29, 0.717) is 0 Å². The summed E-state index contributed by atoms with van der Waals surface area (Å²) in [6, 6.07) is 14.7. The Morgan fingerprint density at radius 1 is 1.06 bits per heavy atom. The molecule has 35 heavy (non-hydrogen) atoms. The first-order chi connectivity index (χ1) is 16.7. The Balaban J connectivity index is 1.26. The molecule has 3 aromatic rings. The van der Waals surface area contributed by atoms with Crippen LogP contribution in [0.15, 0.2) is 48.7 Å². The molecule has 1 aliphatic heterocycles. The van der Waals surface area contributed by atoms with E-state index in [-0.39, 0.29) is 17.8 Å². The Kier molecular flexibility index (Phi) is 6.27. The second kappa shape index (κ2) is 9.37. The fourth-order valence-electron chi connectivity index (χ4n) is 4.29. The Labute approximate surface area is 203 Å². The van der Waals surface area contributed by atoms with E-state index in [2.05, 4.69) is 60.7 Å². The van der Waals surface area contributed by atoms with Crippen molar-refractivity contribution < 1.29 is 13.2 Å². The highest BCUT2D eigenvalue weighted by atomic mass is 19.4. The molecule has 1 aromatic heterocycles. The Bertz CT molecular complexity index is 1190. The Morgan fingerprint density at radius 2 is 1.83 bits per heavy atom. The molecule has 0 spiro atoms. The fourth-order valence-corrected chi connectivity index (χ4v) is 4.29. The number of alkyl halides is 3. The number of aromatic nitrogens is 2. The topological polar surface area (TPSA) is 56.3 Å². The molecule has 6 nitrogen and oxygen atoms in total. The van der Waals surface area contributed by atoms with Crippen LogP contribution in [0.25, 0.3) is 0 Å². The molecule has 0 amide bonds. The molecule has 9 heteroatoms. The third-order valence-corrected chi connectivity index (χ3v) is 6.42. The molecule has 2 aliphatic rings. The van der Waals surface area contributed by atoms with Gasteiger partial charge in [0.2, 0.25) is 5.95 Å². The largest absolute Gasteiger partial charge is 0.421 e. The summed E-state index contributed by atoms with van der Waals surface area (Å²) >= 11 is 0. The summed E-state index contributed by atoms with van der Waals surface area (Å²) in [5.41, 5.74) is 4.90. The average molecular weight is 483 g/mol. The van der Waals surface area contributed by atoms with Gasteiger partial charge in [-0.05, 0) is 60.2 Å². The highest BCUT2D eigenvalue weighted by Gasteiger charge is 2.37. The van der Waals surface area contributed by atoms with Crippen LogP contribution in [-0.2, 0) is 25.7 Å². The molecule has 2 aromatic carbocycles. The lowest BCUT2D eigenvalue weighted by molar-refractivity contribution is -0.137. The van der Waals surface area contributed by atoms with Crippen LogP contribution in [0.1, 0.15) is 35.1 Å². The summed E-state index contributed by atoms with van der Waals surface area (Å²) < 4.78 is 40.0. The molecule has 184 valence electrons. The molecule has 0 saturated heterocycles. The molecule has 0 unspecified atom stereocenters. The van der Waals surface area contributed by atoms with Crippen molar-refractivity contribution in [1.82, 2.24) is 14.9 Å². The van der Waals surface area contributed by atoms with E-state index in [0.717, 1.165) is 50.8 Å². The lowest BCUT2D eigenvalue weighted by atomic mass is 9.98. The monoisotopic (exact) mass is 482 g/mol. The van der Waals surface area contributed by atoms with Crippen LogP contribution < -0.4 is 15.5 Å². The van der Waals surface area contributed by atoms with Crippen LogP contribution >= 0.6 is 0 Å². The minimum Gasteiger partial charge on any atom is -0.378 e. The second-order valence-corrected chi connectivity index (χ2v) is 9.50. The molecular weight excluding hydrogens is 453 g/mol. The third-order valence-electron chi connectivity index (χ3n) is 6.42. The molecular formula is C26H29F3N6.